The lowest BCUT2D eigenvalue weighted by molar-refractivity contribution is 0.0954. The van der Waals surface area contributed by atoms with Crippen LogP contribution in [0.3, 0.4) is 0 Å². The monoisotopic (exact) mass is 338 g/mol. The third-order valence-corrected chi connectivity index (χ3v) is 4.58. The number of carbonyl (C=O) groups excluding carboxylic acids is 1. The van der Waals surface area contributed by atoms with Crippen molar-refractivity contribution in [2.24, 2.45) is 5.10 Å². The Morgan fingerprint density at radius 2 is 2.00 bits per heavy atom. The van der Waals surface area contributed by atoms with Gasteiger partial charge in [-0.3, -0.25) is 4.79 Å². The lowest BCUT2D eigenvalue weighted by atomic mass is 9.86. The van der Waals surface area contributed by atoms with Crippen LogP contribution in [-0.4, -0.2) is 23.5 Å². The Kier molecular flexibility index (Phi) is 3.80. The van der Waals surface area contributed by atoms with E-state index in [1.165, 1.54) is 0 Å². The van der Waals surface area contributed by atoms with Crippen molar-refractivity contribution < 1.29 is 19.4 Å². The molecule has 1 amide bonds. The number of hydrogen-bond donors (Lipinski definition) is 2. The van der Waals surface area contributed by atoms with Gasteiger partial charge in [0.05, 0.1) is 5.71 Å². The predicted octanol–water partition coefficient (Wildman–Crippen LogP) is 2.90. The third kappa shape index (κ3) is 2.80. The molecule has 2 aromatic carbocycles. The first kappa shape index (κ1) is 15.5. The molecule has 0 spiro atoms. The first-order valence-electron chi connectivity index (χ1n) is 8.22. The highest BCUT2D eigenvalue weighted by atomic mass is 16.7. The van der Waals surface area contributed by atoms with Crippen LogP contribution in [0.15, 0.2) is 35.4 Å². The van der Waals surface area contributed by atoms with Gasteiger partial charge in [0, 0.05) is 11.1 Å². The number of carbonyl (C=O) groups is 1. The van der Waals surface area contributed by atoms with Gasteiger partial charge in [-0.2, -0.15) is 5.10 Å². The zero-order valence-electron chi connectivity index (χ0n) is 13.8. The molecule has 128 valence electrons. The van der Waals surface area contributed by atoms with Crippen LogP contribution in [0.4, 0.5) is 0 Å². The Labute approximate surface area is 145 Å². The topological polar surface area (TPSA) is 80.2 Å². The highest BCUT2D eigenvalue weighted by Crippen LogP contribution is 2.33. The van der Waals surface area contributed by atoms with Crippen LogP contribution in [0.2, 0.25) is 0 Å². The van der Waals surface area contributed by atoms with Crippen molar-refractivity contribution in [3.63, 3.8) is 0 Å². The predicted molar refractivity (Wildman–Crippen MR) is 92.4 cm³/mol. The average molecular weight is 338 g/mol. The SMILES string of the molecule is Cc1ccc(O)c2c1CCC/C2=N\NC(=O)c1ccc2c(c1)OCO2. The second kappa shape index (κ2) is 6.12. The molecule has 4 rings (SSSR count). The lowest BCUT2D eigenvalue weighted by Gasteiger charge is -2.21. The molecule has 1 aliphatic heterocycles. The Morgan fingerprint density at radius 1 is 1.16 bits per heavy atom. The van der Waals surface area contributed by atoms with Crippen molar-refractivity contribution in [2.75, 3.05) is 6.79 Å². The van der Waals surface area contributed by atoms with Crippen LogP contribution >= 0.6 is 0 Å². The number of nitrogens with zero attached hydrogens (tertiary/aromatic N) is 1. The number of aryl methyl sites for hydroxylation is 1. The van der Waals surface area contributed by atoms with E-state index in [2.05, 4.69) is 10.5 Å². The van der Waals surface area contributed by atoms with Gasteiger partial charge in [0.2, 0.25) is 6.79 Å². The molecule has 0 saturated heterocycles. The number of ether oxygens (including phenoxy) is 2. The number of fused-ring (bicyclic) bond motifs is 2. The quantitative estimate of drug-likeness (QED) is 0.825. The average Bonchev–Trinajstić information content (AvgIpc) is 3.10. The van der Waals surface area contributed by atoms with Gasteiger partial charge in [-0.1, -0.05) is 6.07 Å². The summed E-state index contributed by atoms with van der Waals surface area (Å²) in [6.45, 7) is 2.19. The normalized spacial score (nSPS) is 16.6. The maximum Gasteiger partial charge on any atom is 0.271 e. The van der Waals surface area contributed by atoms with Gasteiger partial charge in [0.15, 0.2) is 11.5 Å². The fourth-order valence-electron chi connectivity index (χ4n) is 3.27. The fraction of sp³-hybridized carbons (Fsp3) is 0.263. The van der Waals surface area contributed by atoms with Crippen molar-refractivity contribution >= 4 is 11.6 Å². The molecule has 0 bridgehead atoms. The minimum absolute atomic E-state index is 0.165. The van der Waals surface area contributed by atoms with E-state index < -0.39 is 0 Å². The van der Waals surface area contributed by atoms with E-state index in [4.69, 9.17) is 9.47 Å². The lowest BCUT2D eigenvalue weighted by Crippen LogP contribution is -2.22. The van der Waals surface area contributed by atoms with Crippen LogP contribution in [-0.2, 0) is 6.42 Å². The summed E-state index contributed by atoms with van der Waals surface area (Å²) in [5.41, 5.74) is 6.71. The van der Waals surface area contributed by atoms with Crippen molar-refractivity contribution in [3.05, 3.63) is 52.6 Å². The maximum absolute atomic E-state index is 12.4. The van der Waals surface area contributed by atoms with Gasteiger partial charge in [-0.25, -0.2) is 5.43 Å². The molecule has 1 heterocycles. The zero-order chi connectivity index (χ0) is 17.4. The van der Waals surface area contributed by atoms with Crippen molar-refractivity contribution in [2.45, 2.75) is 26.2 Å². The molecule has 6 nitrogen and oxygen atoms in total. The Hall–Kier alpha value is -3.02. The molecule has 25 heavy (non-hydrogen) atoms. The summed E-state index contributed by atoms with van der Waals surface area (Å²) in [5, 5.41) is 14.5. The molecule has 0 unspecified atom stereocenters. The molecule has 0 aromatic heterocycles. The molecule has 0 radical (unpaired) electrons. The number of hydrazone groups is 1. The molecule has 0 fully saturated rings. The molecule has 1 aliphatic carbocycles. The van der Waals surface area contributed by atoms with Crippen molar-refractivity contribution in [3.8, 4) is 17.2 Å². The summed E-state index contributed by atoms with van der Waals surface area (Å²) < 4.78 is 10.5. The summed E-state index contributed by atoms with van der Waals surface area (Å²) in [7, 11) is 0. The van der Waals surface area contributed by atoms with Gasteiger partial charge >= 0.3 is 0 Å². The molecule has 2 aliphatic rings. The summed E-state index contributed by atoms with van der Waals surface area (Å²) >= 11 is 0. The molecule has 0 atom stereocenters. The summed E-state index contributed by atoms with van der Waals surface area (Å²) in [5.74, 6) is 1.06. The molecular formula is C19H18N2O4. The third-order valence-electron chi connectivity index (χ3n) is 4.58. The van der Waals surface area contributed by atoms with E-state index in [-0.39, 0.29) is 18.4 Å². The largest absolute Gasteiger partial charge is 0.507 e. The van der Waals surface area contributed by atoms with Crippen LogP contribution in [0.5, 0.6) is 17.2 Å². The Morgan fingerprint density at radius 3 is 2.88 bits per heavy atom. The zero-order valence-corrected chi connectivity index (χ0v) is 13.8. The Balaban J connectivity index is 1.59. The number of amides is 1. The number of phenols is 1. The number of phenolic OH excluding ortho intramolecular Hbond substituents is 1. The summed E-state index contributed by atoms with van der Waals surface area (Å²) in [6.07, 6.45) is 2.56. The Bertz CT molecular complexity index is 889. The standard InChI is InChI=1S/C19H18N2O4/c1-11-5-7-15(22)18-13(11)3-2-4-14(18)20-21-19(23)12-6-8-16-17(9-12)25-10-24-16/h5-9,22H,2-4,10H2,1H3,(H,21,23)/b20-14+. The summed E-state index contributed by atoms with van der Waals surface area (Å²) in [4.78, 5) is 12.4. The number of benzene rings is 2. The molecule has 2 aromatic rings. The van der Waals surface area contributed by atoms with Gasteiger partial charge in [0.25, 0.3) is 5.91 Å². The second-order valence-electron chi connectivity index (χ2n) is 6.18. The van der Waals surface area contributed by atoms with Crippen LogP contribution in [0.25, 0.3) is 0 Å². The minimum Gasteiger partial charge on any atom is -0.507 e. The van der Waals surface area contributed by atoms with Gasteiger partial charge < -0.3 is 14.6 Å². The highest BCUT2D eigenvalue weighted by Gasteiger charge is 2.22. The number of aromatic hydroxyl groups is 1. The van der Waals surface area contributed by atoms with Crippen molar-refractivity contribution in [1.29, 1.82) is 0 Å². The molecule has 6 heteroatoms. The van der Waals surface area contributed by atoms with E-state index in [0.717, 1.165) is 29.5 Å². The van der Waals surface area contributed by atoms with Crippen LogP contribution in [0.1, 0.15) is 39.9 Å². The van der Waals surface area contributed by atoms with E-state index >= 15 is 0 Å². The smallest absolute Gasteiger partial charge is 0.271 e. The first-order chi connectivity index (χ1) is 12.1. The fourth-order valence-corrected chi connectivity index (χ4v) is 3.27. The molecular weight excluding hydrogens is 320 g/mol. The van der Waals surface area contributed by atoms with Gasteiger partial charge in [-0.15, -0.1) is 0 Å². The number of nitrogens with one attached hydrogen (secondary N) is 1. The summed E-state index contributed by atoms with van der Waals surface area (Å²) in [6, 6.07) is 8.58. The molecule has 0 saturated carbocycles. The van der Waals surface area contributed by atoms with E-state index in [1.54, 1.807) is 24.3 Å². The van der Waals surface area contributed by atoms with Crippen LogP contribution < -0.4 is 14.9 Å². The molecule has 2 N–H and O–H groups in total. The van der Waals surface area contributed by atoms with Gasteiger partial charge in [-0.05, 0) is 61.6 Å². The minimum atomic E-state index is -0.329. The number of hydrogen-bond acceptors (Lipinski definition) is 5. The van der Waals surface area contributed by atoms with E-state index in [9.17, 15) is 9.90 Å². The maximum atomic E-state index is 12.4. The second-order valence-corrected chi connectivity index (χ2v) is 6.18. The number of rotatable bonds is 2. The highest BCUT2D eigenvalue weighted by molar-refractivity contribution is 6.06. The van der Waals surface area contributed by atoms with E-state index in [0.29, 0.717) is 29.2 Å². The first-order valence-corrected chi connectivity index (χ1v) is 8.22. The van der Waals surface area contributed by atoms with Crippen molar-refractivity contribution in [1.82, 2.24) is 5.43 Å². The van der Waals surface area contributed by atoms with Gasteiger partial charge in [0.1, 0.15) is 5.75 Å². The van der Waals surface area contributed by atoms with E-state index in [1.807, 2.05) is 13.0 Å². The van der Waals surface area contributed by atoms with Crippen LogP contribution in [0, 0.1) is 6.92 Å².